The number of hydrogen-bond donors (Lipinski definition) is 1. The highest BCUT2D eigenvalue weighted by Gasteiger charge is 2.17. The van der Waals surface area contributed by atoms with Crippen LogP contribution in [0.2, 0.25) is 0 Å². The molecule has 0 saturated carbocycles. The van der Waals surface area contributed by atoms with E-state index in [2.05, 4.69) is 4.98 Å². The molecule has 8 heteroatoms. The lowest BCUT2D eigenvalue weighted by molar-refractivity contribution is 0.0478. The number of aromatic amines is 1. The molecule has 0 bridgehead atoms. The summed E-state index contributed by atoms with van der Waals surface area (Å²) in [4.78, 5) is 42.3. The van der Waals surface area contributed by atoms with Gasteiger partial charge in [0.2, 0.25) is 0 Å². The molecule has 0 aliphatic carbocycles. The predicted octanol–water partition coefficient (Wildman–Crippen LogP) is 4.37. The Bertz CT molecular complexity index is 1490. The molecular weight excluding hydrogens is 432 g/mol. The summed E-state index contributed by atoms with van der Waals surface area (Å²) in [6.07, 6.45) is 0. The number of hydrogen-bond acceptors (Lipinski definition) is 6. The van der Waals surface area contributed by atoms with E-state index in [0.29, 0.717) is 10.2 Å². The number of benzene rings is 2. The predicted molar refractivity (Wildman–Crippen MR) is 123 cm³/mol. The number of H-pyrrole nitrogens is 1. The van der Waals surface area contributed by atoms with E-state index >= 15 is 0 Å². The fourth-order valence-corrected chi connectivity index (χ4v) is 5.34. The molecule has 0 amide bonds. The number of aromatic nitrogens is 2. The summed E-state index contributed by atoms with van der Waals surface area (Å²) in [6, 6.07) is 20.7. The Morgan fingerprint density at radius 1 is 0.968 bits per heavy atom. The van der Waals surface area contributed by atoms with E-state index in [0.717, 1.165) is 31.9 Å². The Morgan fingerprint density at radius 3 is 2.55 bits per heavy atom. The molecule has 154 valence electrons. The zero-order chi connectivity index (χ0) is 21.4. The summed E-state index contributed by atoms with van der Waals surface area (Å²) in [7, 11) is 0. The van der Waals surface area contributed by atoms with Crippen LogP contribution in [0, 0.1) is 0 Å². The molecule has 0 aliphatic rings. The van der Waals surface area contributed by atoms with Gasteiger partial charge in [0.05, 0.1) is 11.9 Å². The number of nitrogens with zero attached hydrogens (tertiary/aromatic N) is 1. The standard InChI is InChI=1S/C23H16N2O4S2/c26-21-17-11-19(22(27)29-13-14-6-2-1-3-7-14)31-20(17)24-23(28)25(21)12-16-10-15-8-4-5-9-18(15)30-16/h1-11H,12-13H2,(H,24,28). The second-order valence-corrected chi connectivity index (χ2v) is 9.21. The molecule has 5 rings (SSSR count). The third kappa shape index (κ3) is 3.83. The van der Waals surface area contributed by atoms with Crippen LogP contribution in [0.15, 0.2) is 76.3 Å². The van der Waals surface area contributed by atoms with Crippen molar-refractivity contribution < 1.29 is 9.53 Å². The van der Waals surface area contributed by atoms with Crippen molar-refractivity contribution in [2.45, 2.75) is 13.2 Å². The number of fused-ring (bicyclic) bond motifs is 2. The van der Waals surface area contributed by atoms with E-state index < -0.39 is 17.2 Å². The van der Waals surface area contributed by atoms with Crippen LogP contribution < -0.4 is 11.2 Å². The van der Waals surface area contributed by atoms with Crippen LogP contribution in [0.4, 0.5) is 0 Å². The third-order valence-electron chi connectivity index (χ3n) is 4.88. The molecule has 31 heavy (non-hydrogen) atoms. The van der Waals surface area contributed by atoms with Gasteiger partial charge in [-0.3, -0.25) is 14.3 Å². The Morgan fingerprint density at radius 2 is 1.74 bits per heavy atom. The smallest absolute Gasteiger partial charge is 0.348 e. The second-order valence-electron chi connectivity index (χ2n) is 6.99. The molecule has 1 N–H and O–H groups in total. The quantitative estimate of drug-likeness (QED) is 0.405. The SMILES string of the molecule is O=C(OCc1ccccc1)c1cc2c(=O)n(Cc3cc4ccccc4s3)c(=O)[nH]c2s1. The Labute approximate surface area is 184 Å². The van der Waals surface area contributed by atoms with Crippen molar-refractivity contribution in [2.75, 3.05) is 0 Å². The molecule has 0 saturated heterocycles. The van der Waals surface area contributed by atoms with Gasteiger partial charge in [0.1, 0.15) is 16.3 Å². The average molecular weight is 449 g/mol. The summed E-state index contributed by atoms with van der Waals surface area (Å²) >= 11 is 2.59. The maximum atomic E-state index is 13.0. The summed E-state index contributed by atoms with van der Waals surface area (Å²) in [6.45, 7) is 0.313. The van der Waals surface area contributed by atoms with Crippen molar-refractivity contribution in [3.8, 4) is 0 Å². The van der Waals surface area contributed by atoms with Gasteiger partial charge < -0.3 is 4.74 Å². The molecule has 0 fully saturated rings. The Balaban J connectivity index is 1.44. The minimum absolute atomic E-state index is 0.139. The van der Waals surface area contributed by atoms with Crippen LogP contribution in [0.5, 0.6) is 0 Å². The molecule has 0 aliphatic heterocycles. The topological polar surface area (TPSA) is 81.2 Å². The van der Waals surface area contributed by atoms with Crippen molar-refractivity contribution in [1.29, 1.82) is 0 Å². The zero-order valence-corrected chi connectivity index (χ0v) is 17.8. The molecule has 0 unspecified atom stereocenters. The van der Waals surface area contributed by atoms with E-state index in [4.69, 9.17) is 4.74 Å². The monoisotopic (exact) mass is 448 g/mol. The highest BCUT2D eigenvalue weighted by Crippen LogP contribution is 2.26. The Hall–Kier alpha value is -3.49. The molecule has 3 aromatic heterocycles. The Kier molecular flexibility index (Phi) is 5.01. The van der Waals surface area contributed by atoms with Crippen LogP contribution >= 0.6 is 22.7 Å². The first-order valence-electron chi connectivity index (χ1n) is 9.53. The van der Waals surface area contributed by atoms with Crippen LogP contribution in [-0.2, 0) is 17.9 Å². The number of esters is 1. The van der Waals surface area contributed by atoms with Gasteiger partial charge in [-0.05, 0) is 29.1 Å². The first-order chi connectivity index (χ1) is 15.1. The number of ether oxygens (including phenoxy) is 1. The molecule has 3 heterocycles. The van der Waals surface area contributed by atoms with Gasteiger partial charge >= 0.3 is 11.7 Å². The fourth-order valence-electron chi connectivity index (χ4n) is 3.35. The highest BCUT2D eigenvalue weighted by atomic mass is 32.1. The van der Waals surface area contributed by atoms with Gasteiger partial charge in [0.25, 0.3) is 5.56 Å². The lowest BCUT2D eigenvalue weighted by Crippen LogP contribution is -2.34. The van der Waals surface area contributed by atoms with Gasteiger partial charge in [0.15, 0.2) is 0 Å². The number of thiophene rings is 2. The minimum atomic E-state index is -0.527. The molecule has 0 atom stereocenters. The number of rotatable bonds is 5. The fraction of sp³-hybridized carbons (Fsp3) is 0.0870. The van der Waals surface area contributed by atoms with E-state index in [1.54, 1.807) is 11.3 Å². The van der Waals surface area contributed by atoms with E-state index in [1.165, 1.54) is 10.6 Å². The third-order valence-corrected chi connectivity index (χ3v) is 7.01. The number of nitrogens with one attached hydrogen (secondary N) is 1. The van der Waals surface area contributed by atoms with Gasteiger partial charge in [-0.25, -0.2) is 9.59 Å². The minimum Gasteiger partial charge on any atom is -0.457 e. The first kappa shape index (κ1) is 19.5. The normalized spacial score (nSPS) is 11.2. The van der Waals surface area contributed by atoms with Crippen molar-refractivity contribution in [3.05, 3.63) is 103 Å². The van der Waals surface area contributed by atoms with Crippen molar-refractivity contribution in [3.63, 3.8) is 0 Å². The van der Waals surface area contributed by atoms with Crippen molar-refractivity contribution in [2.24, 2.45) is 0 Å². The van der Waals surface area contributed by atoms with E-state index in [-0.39, 0.29) is 18.0 Å². The lowest BCUT2D eigenvalue weighted by atomic mass is 10.2. The summed E-state index contributed by atoms with van der Waals surface area (Å²) in [5.74, 6) is -0.527. The highest BCUT2D eigenvalue weighted by molar-refractivity contribution is 7.20. The number of carbonyl (C=O) groups is 1. The molecule has 6 nitrogen and oxygen atoms in total. The molecule has 2 aromatic carbocycles. The average Bonchev–Trinajstić information content (AvgIpc) is 3.39. The number of carbonyl (C=O) groups excluding carboxylic acids is 1. The summed E-state index contributed by atoms with van der Waals surface area (Å²) in [5, 5.41) is 1.38. The van der Waals surface area contributed by atoms with Gasteiger partial charge in [0, 0.05) is 9.58 Å². The van der Waals surface area contributed by atoms with Crippen LogP contribution in [-0.4, -0.2) is 15.5 Å². The largest absolute Gasteiger partial charge is 0.457 e. The van der Waals surface area contributed by atoms with Crippen molar-refractivity contribution in [1.82, 2.24) is 9.55 Å². The van der Waals surface area contributed by atoms with Gasteiger partial charge in [-0.15, -0.1) is 22.7 Å². The maximum Gasteiger partial charge on any atom is 0.348 e. The van der Waals surface area contributed by atoms with Crippen LogP contribution in [0.25, 0.3) is 20.3 Å². The van der Waals surface area contributed by atoms with Gasteiger partial charge in [-0.1, -0.05) is 48.5 Å². The summed E-state index contributed by atoms with van der Waals surface area (Å²) in [5.41, 5.74) is -0.0494. The van der Waals surface area contributed by atoms with Gasteiger partial charge in [-0.2, -0.15) is 0 Å². The van der Waals surface area contributed by atoms with E-state index in [1.807, 2.05) is 60.7 Å². The van der Waals surface area contributed by atoms with Crippen LogP contribution in [0.1, 0.15) is 20.1 Å². The molecular formula is C23H16N2O4S2. The second kappa shape index (κ2) is 7.98. The molecule has 5 aromatic rings. The zero-order valence-electron chi connectivity index (χ0n) is 16.2. The van der Waals surface area contributed by atoms with E-state index in [9.17, 15) is 14.4 Å². The van der Waals surface area contributed by atoms with Crippen molar-refractivity contribution >= 4 is 48.9 Å². The first-order valence-corrected chi connectivity index (χ1v) is 11.2. The summed E-state index contributed by atoms with van der Waals surface area (Å²) < 4.78 is 7.61. The lowest BCUT2D eigenvalue weighted by Gasteiger charge is -2.02. The molecule has 0 spiro atoms. The van der Waals surface area contributed by atoms with Crippen LogP contribution in [0.3, 0.4) is 0 Å². The molecule has 0 radical (unpaired) electrons. The maximum absolute atomic E-state index is 13.0.